The number of aliphatic hydroxyl groups is 1. The van der Waals surface area contributed by atoms with E-state index in [-0.39, 0.29) is 11.1 Å². The van der Waals surface area contributed by atoms with Crippen molar-refractivity contribution >= 4 is 17.8 Å². The molecule has 0 saturated carbocycles. The minimum absolute atomic E-state index is 0.146. The molecule has 0 radical (unpaired) electrons. The molecule has 1 aliphatic heterocycles. The average molecular weight is 327 g/mol. The molecule has 0 aliphatic carbocycles. The number of hydrogen-bond donors (Lipinski definition) is 1. The molecule has 0 saturated heterocycles. The molecule has 122 valence electrons. The zero-order valence-electron chi connectivity index (χ0n) is 12.8. The molecule has 0 fully saturated rings. The molecule has 1 aliphatic rings. The van der Waals surface area contributed by atoms with Crippen LogP contribution in [0.25, 0.3) is 6.08 Å². The summed E-state index contributed by atoms with van der Waals surface area (Å²) in [4.78, 5) is 25.7. The van der Waals surface area contributed by atoms with Gasteiger partial charge in [-0.2, -0.15) is 0 Å². The SMILES string of the molecule is CN1C(=O)C(O)=C(C(=O)/C=C/c2ccco2)C1c1ccccc1F. The van der Waals surface area contributed by atoms with E-state index in [9.17, 15) is 19.1 Å². The van der Waals surface area contributed by atoms with E-state index in [1.807, 2.05) is 0 Å². The van der Waals surface area contributed by atoms with E-state index in [0.29, 0.717) is 5.76 Å². The van der Waals surface area contributed by atoms with Gasteiger partial charge in [0.15, 0.2) is 11.5 Å². The Hall–Kier alpha value is -3.15. The highest BCUT2D eigenvalue weighted by molar-refractivity contribution is 6.14. The smallest absolute Gasteiger partial charge is 0.289 e. The molecule has 0 bridgehead atoms. The number of nitrogens with zero attached hydrogens (tertiary/aromatic N) is 1. The number of rotatable bonds is 4. The first-order chi connectivity index (χ1) is 11.5. The van der Waals surface area contributed by atoms with Crippen LogP contribution < -0.4 is 0 Å². The number of furan rings is 1. The summed E-state index contributed by atoms with van der Waals surface area (Å²) in [6.07, 6.45) is 4.06. The van der Waals surface area contributed by atoms with E-state index in [2.05, 4.69) is 0 Å². The summed E-state index contributed by atoms with van der Waals surface area (Å²) >= 11 is 0. The molecule has 0 spiro atoms. The van der Waals surface area contributed by atoms with Gasteiger partial charge in [0, 0.05) is 12.6 Å². The quantitative estimate of drug-likeness (QED) is 0.876. The number of carbonyl (C=O) groups excluding carboxylic acids is 2. The Morgan fingerprint density at radius 3 is 2.71 bits per heavy atom. The maximum atomic E-state index is 14.1. The molecular weight excluding hydrogens is 313 g/mol. The van der Waals surface area contributed by atoms with E-state index in [4.69, 9.17) is 4.42 Å². The van der Waals surface area contributed by atoms with E-state index in [1.54, 1.807) is 18.2 Å². The molecule has 2 heterocycles. The first kappa shape index (κ1) is 15.7. The van der Waals surface area contributed by atoms with E-state index < -0.39 is 29.3 Å². The second-order valence-electron chi connectivity index (χ2n) is 5.32. The molecule has 6 heteroatoms. The highest BCUT2D eigenvalue weighted by Gasteiger charge is 2.41. The van der Waals surface area contributed by atoms with Gasteiger partial charge >= 0.3 is 0 Å². The third-order valence-corrected chi connectivity index (χ3v) is 3.85. The molecule has 3 rings (SSSR count). The Morgan fingerprint density at radius 1 is 1.29 bits per heavy atom. The van der Waals surface area contributed by atoms with Crippen LogP contribution in [0.2, 0.25) is 0 Å². The molecule has 1 N–H and O–H groups in total. The van der Waals surface area contributed by atoms with Gasteiger partial charge in [-0.3, -0.25) is 9.59 Å². The molecule has 1 aromatic carbocycles. The Balaban J connectivity index is 2.00. The lowest BCUT2D eigenvalue weighted by molar-refractivity contribution is -0.128. The molecule has 1 aromatic heterocycles. The number of benzene rings is 1. The Kier molecular flexibility index (Phi) is 4.04. The minimum atomic E-state index is -0.979. The zero-order valence-corrected chi connectivity index (χ0v) is 12.8. The molecule has 1 amide bonds. The predicted octanol–water partition coefficient (Wildman–Crippen LogP) is 3.03. The largest absolute Gasteiger partial charge is 0.503 e. The fourth-order valence-corrected chi connectivity index (χ4v) is 2.67. The summed E-state index contributed by atoms with van der Waals surface area (Å²) in [5.74, 6) is -2.09. The van der Waals surface area contributed by atoms with Gasteiger partial charge in [0.2, 0.25) is 0 Å². The van der Waals surface area contributed by atoms with Gasteiger partial charge in [-0.1, -0.05) is 18.2 Å². The summed E-state index contributed by atoms with van der Waals surface area (Å²) in [5.41, 5.74) is -0.0115. The normalized spacial score (nSPS) is 18.0. The summed E-state index contributed by atoms with van der Waals surface area (Å²) < 4.78 is 19.2. The summed E-state index contributed by atoms with van der Waals surface area (Å²) in [7, 11) is 1.41. The van der Waals surface area contributed by atoms with Crippen molar-refractivity contribution in [3.8, 4) is 0 Å². The summed E-state index contributed by atoms with van der Waals surface area (Å²) in [6.45, 7) is 0. The zero-order chi connectivity index (χ0) is 17.3. The predicted molar refractivity (Wildman–Crippen MR) is 84.3 cm³/mol. The second kappa shape index (κ2) is 6.16. The van der Waals surface area contributed by atoms with Crippen LogP contribution >= 0.6 is 0 Å². The van der Waals surface area contributed by atoms with Crippen molar-refractivity contribution in [1.82, 2.24) is 4.90 Å². The number of aliphatic hydroxyl groups excluding tert-OH is 1. The van der Waals surface area contributed by atoms with Crippen LogP contribution in [0, 0.1) is 5.82 Å². The second-order valence-corrected chi connectivity index (χ2v) is 5.32. The van der Waals surface area contributed by atoms with Gasteiger partial charge in [0.05, 0.1) is 17.9 Å². The minimum Gasteiger partial charge on any atom is -0.503 e. The van der Waals surface area contributed by atoms with Crippen LogP contribution in [0.5, 0.6) is 0 Å². The number of halogens is 1. The number of likely N-dealkylation sites (N-methyl/N-ethyl adjacent to an activating group) is 1. The van der Waals surface area contributed by atoms with Gasteiger partial charge in [-0.05, 0) is 30.4 Å². The fraction of sp³-hybridized carbons (Fsp3) is 0.111. The van der Waals surface area contributed by atoms with Crippen molar-refractivity contribution in [2.24, 2.45) is 0 Å². The number of carbonyl (C=O) groups is 2. The van der Waals surface area contributed by atoms with Gasteiger partial charge < -0.3 is 14.4 Å². The van der Waals surface area contributed by atoms with Crippen LogP contribution in [0.4, 0.5) is 4.39 Å². The summed E-state index contributed by atoms with van der Waals surface area (Å²) in [6, 6.07) is 8.17. The van der Waals surface area contributed by atoms with Gasteiger partial charge in [-0.15, -0.1) is 0 Å². The standard InChI is InChI=1S/C18H14FNO4/c1-20-16(12-6-2-3-7-13(12)19)15(17(22)18(20)23)14(21)9-8-11-5-4-10-24-11/h2-10,16,22H,1H3/b9-8+. The van der Waals surface area contributed by atoms with Crippen molar-refractivity contribution in [2.75, 3.05) is 7.05 Å². The van der Waals surface area contributed by atoms with E-state index in [0.717, 1.165) is 4.90 Å². The van der Waals surface area contributed by atoms with Crippen molar-refractivity contribution in [3.63, 3.8) is 0 Å². The average Bonchev–Trinajstić information content (AvgIpc) is 3.16. The number of amides is 1. The Labute approximate surface area is 137 Å². The van der Waals surface area contributed by atoms with Crippen molar-refractivity contribution in [1.29, 1.82) is 0 Å². The van der Waals surface area contributed by atoms with Crippen molar-refractivity contribution in [2.45, 2.75) is 6.04 Å². The monoisotopic (exact) mass is 327 g/mol. The van der Waals surface area contributed by atoms with Crippen LogP contribution in [0.3, 0.4) is 0 Å². The van der Waals surface area contributed by atoms with Crippen LogP contribution in [0.1, 0.15) is 17.4 Å². The number of ketones is 1. The molecule has 24 heavy (non-hydrogen) atoms. The van der Waals surface area contributed by atoms with Gasteiger partial charge in [0.1, 0.15) is 11.6 Å². The highest BCUT2D eigenvalue weighted by Crippen LogP contribution is 2.37. The molecule has 1 unspecified atom stereocenters. The number of allylic oxidation sites excluding steroid dienone is 1. The molecule has 5 nitrogen and oxygen atoms in total. The van der Waals surface area contributed by atoms with E-state index >= 15 is 0 Å². The first-order valence-corrected chi connectivity index (χ1v) is 7.21. The maximum Gasteiger partial charge on any atom is 0.289 e. The molecule has 1 atom stereocenters. The lowest BCUT2D eigenvalue weighted by atomic mass is 9.95. The Bertz CT molecular complexity index is 852. The van der Waals surface area contributed by atoms with Crippen molar-refractivity contribution in [3.05, 3.63) is 77.2 Å². The molecular formula is C18H14FNO4. The van der Waals surface area contributed by atoms with Gasteiger partial charge in [-0.25, -0.2) is 4.39 Å². The number of hydrogen-bond acceptors (Lipinski definition) is 4. The highest BCUT2D eigenvalue weighted by atomic mass is 19.1. The van der Waals surface area contributed by atoms with Crippen LogP contribution in [0.15, 0.2) is 64.5 Å². The van der Waals surface area contributed by atoms with Crippen molar-refractivity contribution < 1.29 is 23.5 Å². The molecule has 2 aromatic rings. The maximum absolute atomic E-state index is 14.1. The summed E-state index contributed by atoms with van der Waals surface area (Å²) in [5, 5.41) is 10.1. The van der Waals surface area contributed by atoms with Gasteiger partial charge in [0.25, 0.3) is 5.91 Å². The Morgan fingerprint density at radius 2 is 2.04 bits per heavy atom. The lowest BCUT2D eigenvalue weighted by Gasteiger charge is -2.22. The third-order valence-electron chi connectivity index (χ3n) is 3.85. The topological polar surface area (TPSA) is 70.8 Å². The van der Waals surface area contributed by atoms with Crippen LogP contribution in [-0.2, 0) is 9.59 Å². The fourth-order valence-electron chi connectivity index (χ4n) is 2.67. The first-order valence-electron chi connectivity index (χ1n) is 7.21. The third kappa shape index (κ3) is 2.62. The van der Waals surface area contributed by atoms with Crippen LogP contribution in [-0.4, -0.2) is 28.7 Å². The van der Waals surface area contributed by atoms with E-state index in [1.165, 1.54) is 43.7 Å². The lowest BCUT2D eigenvalue weighted by Crippen LogP contribution is -2.27.